The van der Waals surface area contributed by atoms with Crippen molar-refractivity contribution in [1.82, 2.24) is 4.98 Å². The molecule has 0 saturated heterocycles. The number of pyridine rings is 1. The average Bonchev–Trinajstić information content (AvgIpc) is 2.53. The third kappa shape index (κ3) is 3.77. The second-order valence-corrected chi connectivity index (χ2v) is 4.32. The van der Waals surface area contributed by atoms with E-state index in [1.165, 1.54) is 6.07 Å². The van der Waals surface area contributed by atoms with Crippen LogP contribution < -0.4 is 10.6 Å². The van der Waals surface area contributed by atoms with Crippen molar-refractivity contribution in [3.8, 4) is 12.3 Å². The van der Waals surface area contributed by atoms with Crippen LogP contribution in [0.3, 0.4) is 0 Å². The standard InChI is InChI=1S/C15H9F4N3O/c1-2-8-4-3-5-9(6-8)21-10(23)7-20-13-11(16)14(18)22-15(19)12(13)17/h1,3-6H,7H2,(H,20,22)(H,21,23). The molecule has 0 aliphatic rings. The number of benzene rings is 1. The minimum atomic E-state index is -1.81. The number of anilines is 2. The lowest BCUT2D eigenvalue weighted by Gasteiger charge is -2.10. The first-order chi connectivity index (χ1) is 10.9. The Morgan fingerprint density at radius 3 is 2.43 bits per heavy atom. The van der Waals surface area contributed by atoms with Crippen LogP contribution in [0.4, 0.5) is 28.9 Å². The summed E-state index contributed by atoms with van der Waals surface area (Å²) in [6, 6.07) is 6.29. The lowest BCUT2D eigenvalue weighted by Crippen LogP contribution is -2.23. The predicted octanol–water partition coefficient (Wildman–Crippen LogP) is 2.67. The molecule has 2 N–H and O–H groups in total. The Kier molecular flexibility index (Phi) is 4.81. The van der Waals surface area contributed by atoms with Crippen LogP contribution in [0.25, 0.3) is 0 Å². The molecule has 0 aliphatic carbocycles. The number of terminal acetylenes is 1. The van der Waals surface area contributed by atoms with Gasteiger partial charge < -0.3 is 10.6 Å². The van der Waals surface area contributed by atoms with Crippen LogP contribution in [0.5, 0.6) is 0 Å². The van der Waals surface area contributed by atoms with E-state index < -0.39 is 41.7 Å². The largest absolute Gasteiger partial charge is 0.371 e. The van der Waals surface area contributed by atoms with Crippen LogP contribution >= 0.6 is 0 Å². The zero-order valence-electron chi connectivity index (χ0n) is 11.5. The molecule has 0 fully saturated rings. The zero-order valence-corrected chi connectivity index (χ0v) is 11.5. The van der Waals surface area contributed by atoms with E-state index in [1.807, 2.05) is 5.32 Å². The number of nitrogens with zero attached hydrogens (tertiary/aromatic N) is 1. The van der Waals surface area contributed by atoms with E-state index in [1.54, 1.807) is 18.2 Å². The van der Waals surface area contributed by atoms with Crippen molar-refractivity contribution < 1.29 is 22.4 Å². The topological polar surface area (TPSA) is 54.0 Å². The molecule has 1 amide bonds. The summed E-state index contributed by atoms with van der Waals surface area (Å²) >= 11 is 0. The molecule has 1 aromatic carbocycles. The van der Waals surface area contributed by atoms with Crippen molar-refractivity contribution in [1.29, 1.82) is 0 Å². The second-order valence-electron chi connectivity index (χ2n) is 4.32. The number of hydrogen-bond acceptors (Lipinski definition) is 3. The number of carbonyl (C=O) groups excluding carboxylic acids is 1. The fourth-order valence-electron chi connectivity index (χ4n) is 1.70. The molecule has 0 spiro atoms. The maximum absolute atomic E-state index is 13.4. The van der Waals surface area contributed by atoms with Gasteiger partial charge in [-0.3, -0.25) is 4.79 Å². The molecule has 1 heterocycles. The number of nitrogens with one attached hydrogen (secondary N) is 2. The van der Waals surface area contributed by atoms with E-state index in [-0.39, 0.29) is 0 Å². The number of amides is 1. The summed E-state index contributed by atoms with van der Waals surface area (Å²) in [5.41, 5.74) is -0.228. The molecule has 0 aliphatic heterocycles. The van der Waals surface area contributed by atoms with Crippen molar-refractivity contribution in [2.75, 3.05) is 17.2 Å². The fourth-order valence-corrected chi connectivity index (χ4v) is 1.70. The first-order valence-electron chi connectivity index (χ1n) is 6.22. The molecule has 0 bridgehead atoms. The van der Waals surface area contributed by atoms with Gasteiger partial charge in [0.25, 0.3) is 11.9 Å². The highest BCUT2D eigenvalue weighted by Crippen LogP contribution is 2.21. The Morgan fingerprint density at radius 2 is 1.83 bits per heavy atom. The third-order valence-electron chi connectivity index (χ3n) is 2.74. The number of hydrogen-bond donors (Lipinski definition) is 2. The van der Waals surface area contributed by atoms with Crippen LogP contribution in [0.15, 0.2) is 24.3 Å². The number of halogens is 4. The third-order valence-corrected chi connectivity index (χ3v) is 2.74. The molecule has 0 unspecified atom stereocenters. The van der Waals surface area contributed by atoms with Crippen LogP contribution in [-0.4, -0.2) is 17.4 Å². The molecular weight excluding hydrogens is 314 g/mol. The molecular formula is C15H9F4N3O. The summed E-state index contributed by atoms with van der Waals surface area (Å²) in [5, 5.41) is 4.40. The highest BCUT2D eigenvalue weighted by Gasteiger charge is 2.21. The number of carbonyl (C=O) groups is 1. The molecule has 4 nitrogen and oxygen atoms in total. The van der Waals surface area contributed by atoms with Crippen LogP contribution in [0.1, 0.15) is 5.56 Å². The lowest BCUT2D eigenvalue weighted by molar-refractivity contribution is -0.114. The summed E-state index contributed by atoms with van der Waals surface area (Å²) in [6.45, 7) is -0.628. The van der Waals surface area contributed by atoms with E-state index in [0.717, 1.165) is 0 Å². The van der Waals surface area contributed by atoms with Crippen molar-refractivity contribution in [2.45, 2.75) is 0 Å². The first kappa shape index (κ1) is 16.3. The highest BCUT2D eigenvalue weighted by atomic mass is 19.2. The molecule has 1 aromatic heterocycles. The summed E-state index contributed by atoms with van der Waals surface area (Å²) in [6.07, 6.45) is 5.21. The van der Waals surface area contributed by atoms with Gasteiger partial charge in [0.1, 0.15) is 5.69 Å². The second kappa shape index (κ2) is 6.79. The highest BCUT2D eigenvalue weighted by molar-refractivity contribution is 5.93. The maximum Gasteiger partial charge on any atom is 0.253 e. The summed E-state index contributed by atoms with van der Waals surface area (Å²) in [5.74, 6) is -5.39. The van der Waals surface area contributed by atoms with Gasteiger partial charge in [-0.1, -0.05) is 12.0 Å². The first-order valence-corrected chi connectivity index (χ1v) is 6.22. The van der Waals surface area contributed by atoms with Gasteiger partial charge >= 0.3 is 0 Å². The quantitative estimate of drug-likeness (QED) is 0.517. The number of rotatable bonds is 4. The summed E-state index contributed by atoms with van der Waals surface area (Å²) < 4.78 is 52.6. The Morgan fingerprint density at radius 1 is 1.17 bits per heavy atom. The zero-order chi connectivity index (χ0) is 17.0. The monoisotopic (exact) mass is 323 g/mol. The molecule has 2 rings (SSSR count). The van der Waals surface area contributed by atoms with Gasteiger partial charge in [-0.15, -0.1) is 6.42 Å². The van der Waals surface area contributed by atoms with E-state index in [0.29, 0.717) is 11.3 Å². The van der Waals surface area contributed by atoms with Crippen molar-refractivity contribution in [2.24, 2.45) is 0 Å². The van der Waals surface area contributed by atoms with Crippen LogP contribution in [0, 0.1) is 35.9 Å². The number of aromatic nitrogens is 1. The predicted molar refractivity (Wildman–Crippen MR) is 75.6 cm³/mol. The molecule has 0 saturated carbocycles. The minimum absolute atomic E-state index is 0.361. The van der Waals surface area contributed by atoms with E-state index in [2.05, 4.69) is 16.2 Å². The van der Waals surface area contributed by atoms with Crippen LogP contribution in [0.2, 0.25) is 0 Å². The minimum Gasteiger partial charge on any atom is -0.371 e. The average molecular weight is 323 g/mol. The van der Waals surface area contributed by atoms with Gasteiger partial charge in [-0.25, -0.2) is 0 Å². The van der Waals surface area contributed by atoms with E-state index >= 15 is 0 Å². The van der Waals surface area contributed by atoms with Crippen LogP contribution in [-0.2, 0) is 4.79 Å². The van der Waals surface area contributed by atoms with Gasteiger partial charge in [0.2, 0.25) is 17.5 Å². The molecule has 118 valence electrons. The maximum atomic E-state index is 13.4. The summed E-state index contributed by atoms with van der Waals surface area (Å²) in [4.78, 5) is 14.1. The molecule has 8 heteroatoms. The van der Waals surface area contributed by atoms with Gasteiger partial charge in [-0.2, -0.15) is 22.5 Å². The lowest BCUT2D eigenvalue weighted by atomic mass is 10.2. The normalized spacial score (nSPS) is 10.0. The molecule has 2 aromatic rings. The molecule has 0 atom stereocenters. The molecule has 23 heavy (non-hydrogen) atoms. The van der Waals surface area contributed by atoms with Gasteiger partial charge in [0.15, 0.2) is 0 Å². The van der Waals surface area contributed by atoms with Gasteiger partial charge in [0, 0.05) is 11.3 Å². The van der Waals surface area contributed by atoms with Crippen molar-refractivity contribution in [3.63, 3.8) is 0 Å². The Labute approximate surface area is 128 Å². The SMILES string of the molecule is C#Cc1cccc(NC(=O)CNc2c(F)c(F)nc(F)c2F)c1. The molecule has 0 radical (unpaired) electrons. The van der Waals surface area contributed by atoms with E-state index in [9.17, 15) is 22.4 Å². The Bertz CT molecular complexity index is 776. The van der Waals surface area contributed by atoms with Crippen molar-refractivity contribution >= 4 is 17.3 Å². The smallest absolute Gasteiger partial charge is 0.253 e. The van der Waals surface area contributed by atoms with E-state index in [4.69, 9.17) is 6.42 Å². The van der Waals surface area contributed by atoms with Crippen molar-refractivity contribution in [3.05, 3.63) is 53.4 Å². The fraction of sp³-hybridized carbons (Fsp3) is 0.0667. The Balaban J connectivity index is 2.07. The Hall–Kier alpha value is -3.08. The van der Waals surface area contributed by atoms with Gasteiger partial charge in [-0.05, 0) is 18.2 Å². The van der Waals surface area contributed by atoms with Gasteiger partial charge in [0.05, 0.1) is 6.54 Å². The summed E-state index contributed by atoms with van der Waals surface area (Å²) in [7, 11) is 0.